The molecule has 0 bridgehead atoms. The number of hydrogen-bond acceptors (Lipinski definition) is 3. The number of ketones is 1. The second-order valence-electron chi connectivity index (χ2n) is 2.37. The van der Waals surface area contributed by atoms with Gasteiger partial charge in [0, 0.05) is 11.1 Å². The van der Waals surface area contributed by atoms with Crippen molar-refractivity contribution < 1.29 is 9.53 Å². The number of carbonyl (C=O) groups excluding carboxylic acids is 1. The molecule has 1 aliphatic rings. The minimum atomic E-state index is 0.0156. The number of methoxy groups -OCH3 is 1. The van der Waals surface area contributed by atoms with E-state index < -0.39 is 0 Å². The molecular weight excluding hydrogens is 174 g/mol. The van der Waals surface area contributed by atoms with Crippen LogP contribution in [0.15, 0.2) is 28.3 Å². The first-order valence-electron chi connectivity index (χ1n) is 3.46. The molecule has 1 aromatic rings. The van der Waals surface area contributed by atoms with E-state index in [4.69, 9.17) is 4.74 Å². The molecule has 0 aliphatic carbocycles. The largest absolute Gasteiger partial charge is 0.503 e. The normalized spacial score (nSPS) is 18.4. The fourth-order valence-electron chi connectivity index (χ4n) is 1.09. The molecule has 0 fully saturated rings. The number of carbonyl (C=O) groups is 1. The Morgan fingerprint density at radius 1 is 1.67 bits per heavy atom. The molecule has 4 heteroatoms. The van der Waals surface area contributed by atoms with E-state index in [1.165, 1.54) is 25.1 Å². The third kappa shape index (κ3) is 0.956. The van der Waals surface area contributed by atoms with Gasteiger partial charge in [0.25, 0.3) is 0 Å². The van der Waals surface area contributed by atoms with Crippen LogP contribution in [0.4, 0.5) is 0 Å². The van der Waals surface area contributed by atoms with Crippen LogP contribution in [0.2, 0.25) is 0 Å². The van der Waals surface area contributed by atoms with Gasteiger partial charge in [-0.05, 0) is 6.07 Å². The first kappa shape index (κ1) is 7.49. The minimum Gasteiger partial charge on any atom is -0.503 e. The summed E-state index contributed by atoms with van der Waals surface area (Å²) < 4.78 is 4.78. The zero-order valence-corrected chi connectivity index (χ0v) is 7.27. The molecule has 2 heterocycles. The summed E-state index contributed by atoms with van der Waals surface area (Å²) in [5.41, 5.74) is 0.670. The quantitative estimate of drug-likeness (QED) is 0.530. The Balaban J connectivity index is 2.39. The number of rotatable bonds is 1. The number of allylic oxidation sites excluding steroid dienone is 1. The summed E-state index contributed by atoms with van der Waals surface area (Å²) in [6, 6.07) is 1.88. The van der Waals surface area contributed by atoms with Crippen molar-refractivity contribution >= 4 is 17.5 Å². The monoisotopic (exact) mass is 181 g/mol. The summed E-state index contributed by atoms with van der Waals surface area (Å²) in [7, 11) is 1.54. The van der Waals surface area contributed by atoms with Gasteiger partial charge >= 0.3 is 0 Å². The lowest BCUT2D eigenvalue weighted by Gasteiger charge is -1.91. The van der Waals surface area contributed by atoms with Crippen LogP contribution in [0, 0.1) is 0 Å². The van der Waals surface area contributed by atoms with Crippen LogP contribution < -0.4 is 0 Å². The first-order chi connectivity index (χ1) is 5.83. The number of hydrogen-bond donors (Lipinski definition) is 1. The van der Waals surface area contributed by atoms with Gasteiger partial charge < -0.3 is 9.72 Å². The van der Waals surface area contributed by atoms with E-state index in [-0.39, 0.29) is 5.78 Å². The van der Waals surface area contributed by atoms with Gasteiger partial charge in [0.2, 0.25) is 5.78 Å². The maximum atomic E-state index is 11.4. The van der Waals surface area contributed by atoms with Crippen molar-refractivity contribution in [1.29, 1.82) is 0 Å². The summed E-state index contributed by atoms with van der Waals surface area (Å²) in [5, 5.41) is 0. The number of nitrogens with one attached hydrogen (secondary N) is 1. The number of aromatic amines is 1. The number of thioether (sulfide) groups is 1. The summed E-state index contributed by atoms with van der Waals surface area (Å²) in [6.07, 6.45) is 3.24. The van der Waals surface area contributed by atoms with Crippen molar-refractivity contribution in [3.8, 4) is 0 Å². The molecule has 0 saturated heterocycles. The summed E-state index contributed by atoms with van der Waals surface area (Å²) in [6.45, 7) is 0. The van der Waals surface area contributed by atoms with Gasteiger partial charge in [-0.3, -0.25) is 4.79 Å². The average molecular weight is 181 g/mol. The van der Waals surface area contributed by atoms with Crippen LogP contribution in [-0.4, -0.2) is 17.9 Å². The maximum absolute atomic E-state index is 11.4. The minimum absolute atomic E-state index is 0.0156. The van der Waals surface area contributed by atoms with Crippen LogP contribution in [0.3, 0.4) is 0 Å². The number of Topliss-reactive ketones (excluding diaryl/α,β-unsaturated/α-hetero) is 1. The molecule has 0 aromatic carbocycles. The van der Waals surface area contributed by atoms with E-state index in [1.54, 1.807) is 6.20 Å². The van der Waals surface area contributed by atoms with Crippen molar-refractivity contribution in [1.82, 2.24) is 4.98 Å². The zero-order chi connectivity index (χ0) is 8.55. The Kier molecular flexibility index (Phi) is 1.69. The van der Waals surface area contributed by atoms with Crippen LogP contribution in [0.25, 0.3) is 0 Å². The molecule has 1 aromatic heterocycles. The molecule has 0 radical (unpaired) electrons. The van der Waals surface area contributed by atoms with E-state index in [0.717, 1.165) is 4.90 Å². The van der Waals surface area contributed by atoms with Crippen LogP contribution in [-0.2, 0) is 4.74 Å². The maximum Gasteiger partial charge on any atom is 0.220 e. The van der Waals surface area contributed by atoms with Gasteiger partial charge in [0.1, 0.15) is 12.0 Å². The average Bonchev–Trinajstić information content (AvgIpc) is 2.58. The van der Waals surface area contributed by atoms with Crippen molar-refractivity contribution in [2.45, 2.75) is 4.90 Å². The number of H-pyrrole nitrogens is 1. The number of fused-ring (bicyclic) bond motifs is 1. The second kappa shape index (κ2) is 2.71. The second-order valence-corrected chi connectivity index (χ2v) is 3.45. The molecule has 3 nitrogen and oxygen atoms in total. The highest BCUT2D eigenvalue weighted by atomic mass is 32.2. The summed E-state index contributed by atoms with van der Waals surface area (Å²) in [4.78, 5) is 15.9. The van der Waals surface area contributed by atoms with Crippen molar-refractivity contribution in [2.75, 3.05) is 7.11 Å². The Bertz CT molecular complexity index is 354. The van der Waals surface area contributed by atoms with Crippen LogP contribution >= 0.6 is 11.8 Å². The van der Waals surface area contributed by atoms with Crippen molar-refractivity contribution in [2.24, 2.45) is 0 Å². The Hall–Kier alpha value is -1.16. The standard InChI is InChI=1S/C8H7NO2S/c1-11-4-6-8(10)7-5(12-6)2-3-9-7/h2-4,9H,1H3/b6-4+. The van der Waals surface area contributed by atoms with Gasteiger partial charge in [0.05, 0.1) is 12.0 Å². The van der Waals surface area contributed by atoms with Gasteiger partial charge in [-0.1, -0.05) is 11.8 Å². The molecular formula is C8H7NO2S. The van der Waals surface area contributed by atoms with E-state index in [1.807, 2.05) is 6.07 Å². The molecule has 2 rings (SSSR count). The van der Waals surface area contributed by atoms with Gasteiger partial charge in [0.15, 0.2) is 0 Å². The molecule has 62 valence electrons. The van der Waals surface area contributed by atoms with E-state index in [9.17, 15) is 4.79 Å². The highest BCUT2D eigenvalue weighted by Crippen LogP contribution is 2.38. The Morgan fingerprint density at radius 3 is 3.17 bits per heavy atom. The van der Waals surface area contributed by atoms with E-state index in [2.05, 4.69) is 4.98 Å². The van der Waals surface area contributed by atoms with Crippen molar-refractivity contribution in [3.63, 3.8) is 0 Å². The predicted molar refractivity (Wildman–Crippen MR) is 46.1 cm³/mol. The fourth-order valence-corrected chi connectivity index (χ4v) is 2.06. The Labute approximate surface area is 73.8 Å². The van der Waals surface area contributed by atoms with Gasteiger partial charge in [-0.25, -0.2) is 0 Å². The van der Waals surface area contributed by atoms with Crippen molar-refractivity contribution in [3.05, 3.63) is 29.1 Å². The highest BCUT2D eigenvalue weighted by molar-refractivity contribution is 8.04. The predicted octanol–water partition coefficient (Wildman–Crippen LogP) is 1.79. The summed E-state index contributed by atoms with van der Waals surface area (Å²) in [5.74, 6) is 0.0156. The summed E-state index contributed by atoms with van der Waals surface area (Å²) >= 11 is 1.43. The van der Waals surface area contributed by atoms with E-state index >= 15 is 0 Å². The zero-order valence-electron chi connectivity index (χ0n) is 6.46. The topological polar surface area (TPSA) is 42.1 Å². The fraction of sp³-hybridized carbons (Fsp3) is 0.125. The lowest BCUT2D eigenvalue weighted by Crippen LogP contribution is -1.95. The molecule has 0 saturated carbocycles. The highest BCUT2D eigenvalue weighted by Gasteiger charge is 2.27. The molecule has 1 N–H and O–H groups in total. The van der Waals surface area contributed by atoms with Crippen LogP contribution in [0.5, 0.6) is 0 Å². The smallest absolute Gasteiger partial charge is 0.220 e. The van der Waals surface area contributed by atoms with E-state index in [0.29, 0.717) is 10.6 Å². The molecule has 12 heavy (non-hydrogen) atoms. The number of aromatic nitrogens is 1. The third-order valence-electron chi connectivity index (χ3n) is 1.60. The molecule has 0 atom stereocenters. The molecule has 0 spiro atoms. The Morgan fingerprint density at radius 2 is 2.50 bits per heavy atom. The van der Waals surface area contributed by atoms with Crippen LogP contribution in [0.1, 0.15) is 10.5 Å². The lowest BCUT2D eigenvalue weighted by atomic mass is 10.3. The third-order valence-corrected chi connectivity index (χ3v) is 2.67. The molecule has 1 aliphatic heterocycles. The number of ether oxygens (including phenoxy) is 1. The lowest BCUT2D eigenvalue weighted by molar-refractivity contribution is 0.103. The first-order valence-corrected chi connectivity index (χ1v) is 4.27. The molecule has 0 amide bonds. The SMILES string of the molecule is CO/C=C1/Sc2cc[nH]c2C1=O. The van der Waals surface area contributed by atoms with Gasteiger partial charge in [-0.15, -0.1) is 0 Å². The van der Waals surface area contributed by atoms with Gasteiger partial charge in [-0.2, -0.15) is 0 Å². The molecule has 0 unspecified atom stereocenters.